The van der Waals surface area contributed by atoms with Crippen molar-refractivity contribution in [3.05, 3.63) is 51.5 Å². The Balaban J connectivity index is 1.73. The van der Waals surface area contributed by atoms with Crippen molar-refractivity contribution < 1.29 is 14.3 Å². The van der Waals surface area contributed by atoms with E-state index in [9.17, 15) is 4.79 Å². The standard InChI is InChI=1S/C25H31Cl2N3O3/c1-6-9-30-21-12-23(32-5)17(10-19(21)16(2)13-25(30,3)4)14-28-29-24(31)15-33-22-8-7-18(26)11-20(22)27/h7-8,10-12,14,16H,6,9,13,15H2,1-5H3,(H,29,31)/b28-14+. The first-order valence-corrected chi connectivity index (χ1v) is 11.8. The Morgan fingerprint density at radius 3 is 2.70 bits per heavy atom. The predicted octanol–water partition coefficient (Wildman–Crippen LogP) is 6.03. The summed E-state index contributed by atoms with van der Waals surface area (Å²) in [5, 5.41) is 4.94. The maximum Gasteiger partial charge on any atom is 0.277 e. The van der Waals surface area contributed by atoms with Gasteiger partial charge in [-0.2, -0.15) is 5.10 Å². The lowest BCUT2D eigenvalue weighted by atomic mass is 9.79. The Morgan fingerprint density at radius 1 is 1.27 bits per heavy atom. The van der Waals surface area contributed by atoms with Crippen LogP contribution in [-0.2, 0) is 4.79 Å². The smallest absolute Gasteiger partial charge is 0.277 e. The highest BCUT2D eigenvalue weighted by Crippen LogP contribution is 2.45. The molecule has 178 valence electrons. The van der Waals surface area contributed by atoms with Gasteiger partial charge >= 0.3 is 0 Å². The predicted molar refractivity (Wildman–Crippen MR) is 135 cm³/mol. The fourth-order valence-corrected chi connectivity index (χ4v) is 4.86. The monoisotopic (exact) mass is 491 g/mol. The highest BCUT2D eigenvalue weighted by atomic mass is 35.5. The third-order valence-corrected chi connectivity index (χ3v) is 6.36. The Kier molecular flexibility index (Phi) is 8.14. The van der Waals surface area contributed by atoms with Crippen molar-refractivity contribution in [3.8, 4) is 11.5 Å². The van der Waals surface area contributed by atoms with Crippen molar-refractivity contribution in [2.75, 3.05) is 25.2 Å². The maximum absolute atomic E-state index is 12.2. The zero-order valence-electron chi connectivity index (χ0n) is 19.7. The number of hydrogen-bond acceptors (Lipinski definition) is 5. The van der Waals surface area contributed by atoms with Crippen LogP contribution in [0.5, 0.6) is 11.5 Å². The molecule has 2 aromatic carbocycles. The zero-order chi connectivity index (χ0) is 24.2. The largest absolute Gasteiger partial charge is 0.496 e. The minimum atomic E-state index is -0.404. The molecule has 0 saturated carbocycles. The van der Waals surface area contributed by atoms with Crippen LogP contribution in [-0.4, -0.2) is 37.9 Å². The van der Waals surface area contributed by atoms with Crippen LogP contribution in [0.4, 0.5) is 5.69 Å². The van der Waals surface area contributed by atoms with E-state index in [4.69, 9.17) is 32.7 Å². The van der Waals surface area contributed by atoms with Gasteiger partial charge in [0.05, 0.1) is 18.3 Å². The van der Waals surface area contributed by atoms with Gasteiger partial charge in [0.2, 0.25) is 0 Å². The molecule has 3 rings (SSSR count). The molecule has 1 aliphatic heterocycles. The molecule has 1 heterocycles. The fourth-order valence-electron chi connectivity index (χ4n) is 4.39. The molecule has 0 aliphatic carbocycles. The summed E-state index contributed by atoms with van der Waals surface area (Å²) in [4.78, 5) is 14.6. The molecule has 0 saturated heterocycles. The van der Waals surface area contributed by atoms with Crippen LogP contribution in [0.1, 0.15) is 57.6 Å². The van der Waals surface area contributed by atoms with E-state index < -0.39 is 5.91 Å². The van der Waals surface area contributed by atoms with Gasteiger partial charge in [0, 0.05) is 34.4 Å². The number of methoxy groups -OCH3 is 1. The van der Waals surface area contributed by atoms with Gasteiger partial charge in [-0.3, -0.25) is 4.79 Å². The van der Waals surface area contributed by atoms with Crippen LogP contribution < -0.4 is 19.8 Å². The first-order chi connectivity index (χ1) is 15.7. The molecule has 0 spiro atoms. The number of carbonyl (C=O) groups is 1. The van der Waals surface area contributed by atoms with Gasteiger partial charge in [-0.05, 0) is 62.4 Å². The van der Waals surface area contributed by atoms with E-state index >= 15 is 0 Å². The summed E-state index contributed by atoms with van der Waals surface area (Å²) in [5.41, 5.74) is 5.83. The van der Waals surface area contributed by atoms with Crippen molar-refractivity contribution in [2.24, 2.45) is 5.10 Å². The number of halogens is 2. The number of fused-ring (bicyclic) bond motifs is 1. The third-order valence-electron chi connectivity index (χ3n) is 5.83. The average Bonchev–Trinajstić information content (AvgIpc) is 2.75. The van der Waals surface area contributed by atoms with E-state index in [0.717, 1.165) is 24.9 Å². The van der Waals surface area contributed by atoms with Gasteiger partial charge in [0.1, 0.15) is 11.5 Å². The van der Waals surface area contributed by atoms with Gasteiger partial charge in [-0.25, -0.2) is 5.43 Å². The number of benzene rings is 2. The lowest BCUT2D eigenvalue weighted by Crippen LogP contribution is -2.48. The lowest BCUT2D eigenvalue weighted by molar-refractivity contribution is -0.123. The third kappa shape index (κ3) is 5.92. The summed E-state index contributed by atoms with van der Waals surface area (Å²) in [5.74, 6) is 1.08. The first kappa shape index (κ1) is 25.2. The highest BCUT2D eigenvalue weighted by molar-refractivity contribution is 6.35. The van der Waals surface area contributed by atoms with Crippen molar-refractivity contribution in [1.29, 1.82) is 0 Å². The van der Waals surface area contributed by atoms with Gasteiger partial charge in [-0.1, -0.05) is 37.0 Å². The molecule has 1 N–H and O–H groups in total. The van der Waals surface area contributed by atoms with Crippen LogP contribution in [0.15, 0.2) is 35.4 Å². The minimum Gasteiger partial charge on any atom is -0.496 e. The number of anilines is 1. The molecule has 0 radical (unpaired) electrons. The van der Waals surface area contributed by atoms with E-state index in [2.05, 4.69) is 55.3 Å². The van der Waals surface area contributed by atoms with Gasteiger partial charge in [0.25, 0.3) is 5.91 Å². The van der Waals surface area contributed by atoms with Crippen molar-refractivity contribution in [1.82, 2.24) is 5.43 Å². The number of ether oxygens (including phenoxy) is 2. The molecule has 1 aliphatic rings. The van der Waals surface area contributed by atoms with Crippen LogP contribution in [0.25, 0.3) is 0 Å². The van der Waals surface area contributed by atoms with E-state index in [0.29, 0.717) is 27.5 Å². The second-order valence-corrected chi connectivity index (χ2v) is 9.72. The zero-order valence-corrected chi connectivity index (χ0v) is 21.3. The summed E-state index contributed by atoms with van der Waals surface area (Å²) in [6, 6.07) is 9.00. The summed E-state index contributed by atoms with van der Waals surface area (Å²) in [6.45, 7) is 9.78. The molecular weight excluding hydrogens is 461 g/mol. The number of hydrazone groups is 1. The molecule has 0 aromatic heterocycles. The molecule has 0 fully saturated rings. The number of amides is 1. The second kappa shape index (κ2) is 10.7. The van der Waals surface area contributed by atoms with Crippen LogP contribution in [0.2, 0.25) is 10.0 Å². The van der Waals surface area contributed by atoms with Crippen molar-refractivity contribution in [3.63, 3.8) is 0 Å². The Morgan fingerprint density at radius 2 is 2.03 bits per heavy atom. The second-order valence-electron chi connectivity index (χ2n) is 8.88. The Bertz CT molecular complexity index is 1040. The van der Waals surface area contributed by atoms with Crippen LogP contribution >= 0.6 is 23.2 Å². The maximum atomic E-state index is 12.2. The van der Waals surface area contributed by atoms with Gasteiger partial charge < -0.3 is 14.4 Å². The number of hydrogen-bond donors (Lipinski definition) is 1. The number of nitrogens with zero attached hydrogens (tertiary/aromatic N) is 2. The minimum absolute atomic E-state index is 0.0734. The highest BCUT2D eigenvalue weighted by Gasteiger charge is 2.36. The summed E-state index contributed by atoms with van der Waals surface area (Å²) < 4.78 is 11.1. The molecular formula is C25H31Cl2N3O3. The van der Waals surface area contributed by atoms with Crippen LogP contribution in [0.3, 0.4) is 0 Å². The summed E-state index contributed by atoms with van der Waals surface area (Å²) in [7, 11) is 1.64. The van der Waals surface area contributed by atoms with Crippen molar-refractivity contribution in [2.45, 2.75) is 52.0 Å². The Hall–Kier alpha value is -2.44. The van der Waals surface area contributed by atoms with Gasteiger partial charge in [0.15, 0.2) is 6.61 Å². The number of rotatable bonds is 8. The molecule has 2 aromatic rings. The molecule has 6 nitrogen and oxygen atoms in total. The topological polar surface area (TPSA) is 63.2 Å². The van der Waals surface area contributed by atoms with Crippen LogP contribution in [0, 0.1) is 0 Å². The average molecular weight is 492 g/mol. The van der Waals surface area contributed by atoms with Gasteiger partial charge in [-0.15, -0.1) is 0 Å². The van der Waals surface area contributed by atoms with E-state index in [1.54, 1.807) is 31.5 Å². The molecule has 8 heteroatoms. The molecule has 33 heavy (non-hydrogen) atoms. The number of carbonyl (C=O) groups excluding carboxylic acids is 1. The first-order valence-electron chi connectivity index (χ1n) is 11.1. The molecule has 1 unspecified atom stereocenters. The van der Waals surface area contributed by atoms with E-state index in [-0.39, 0.29) is 12.1 Å². The quantitative estimate of drug-likeness (QED) is 0.361. The molecule has 1 atom stereocenters. The van der Waals surface area contributed by atoms with Crippen molar-refractivity contribution >= 4 is 41.0 Å². The SMILES string of the molecule is CCCN1c2cc(OC)c(/C=N/NC(=O)COc3ccc(Cl)cc3Cl)cc2C(C)CC1(C)C. The Labute approximate surface area is 205 Å². The molecule has 1 amide bonds. The summed E-state index contributed by atoms with van der Waals surface area (Å²) >= 11 is 11.9. The fraction of sp³-hybridized carbons (Fsp3) is 0.440. The normalized spacial score (nSPS) is 17.1. The summed E-state index contributed by atoms with van der Waals surface area (Å²) in [6.07, 6.45) is 3.73. The van der Waals surface area contributed by atoms with E-state index in [1.807, 2.05) is 0 Å². The van der Waals surface area contributed by atoms with E-state index in [1.165, 1.54) is 11.3 Å². The number of nitrogens with one attached hydrogen (secondary N) is 1. The molecule has 0 bridgehead atoms. The lowest BCUT2D eigenvalue weighted by Gasteiger charge is -2.47.